The molecule has 0 saturated carbocycles. The van der Waals surface area contributed by atoms with E-state index in [9.17, 15) is 5.11 Å². The second kappa shape index (κ2) is 6.65. The lowest BCUT2D eigenvalue weighted by Crippen LogP contribution is -2.17. The van der Waals surface area contributed by atoms with E-state index in [1.165, 1.54) is 7.11 Å². The van der Waals surface area contributed by atoms with Crippen LogP contribution in [-0.4, -0.2) is 35.1 Å². The smallest absolute Gasteiger partial charge is 0.229 e. The third-order valence-corrected chi connectivity index (χ3v) is 2.77. The van der Waals surface area contributed by atoms with Crippen LogP contribution in [0.2, 0.25) is 5.02 Å². The van der Waals surface area contributed by atoms with E-state index in [-0.39, 0.29) is 13.0 Å². The number of benzene rings is 1. The summed E-state index contributed by atoms with van der Waals surface area (Å²) in [6.45, 7) is 0.242. The van der Waals surface area contributed by atoms with E-state index in [1.807, 2.05) is 24.3 Å². The van der Waals surface area contributed by atoms with Crippen LogP contribution in [-0.2, 0) is 17.6 Å². The number of aliphatic hydroxyl groups is 1. The van der Waals surface area contributed by atoms with E-state index >= 15 is 0 Å². The SMILES string of the molecule is COCC(O)Cc1nc(Cc2cccc(Cl)c2)no1. The zero-order valence-corrected chi connectivity index (χ0v) is 11.3. The van der Waals surface area contributed by atoms with Gasteiger partial charge in [-0.1, -0.05) is 28.9 Å². The van der Waals surface area contributed by atoms with Crippen molar-refractivity contribution in [3.8, 4) is 0 Å². The van der Waals surface area contributed by atoms with Crippen molar-refractivity contribution in [3.63, 3.8) is 0 Å². The van der Waals surface area contributed by atoms with E-state index in [2.05, 4.69) is 10.1 Å². The molecule has 19 heavy (non-hydrogen) atoms. The molecule has 0 aliphatic heterocycles. The fourth-order valence-corrected chi connectivity index (χ4v) is 1.94. The van der Waals surface area contributed by atoms with Crippen molar-refractivity contribution in [2.75, 3.05) is 13.7 Å². The zero-order chi connectivity index (χ0) is 13.7. The van der Waals surface area contributed by atoms with Gasteiger partial charge in [-0.25, -0.2) is 0 Å². The predicted octanol–water partition coefficient (Wildman–Crippen LogP) is 1.86. The lowest BCUT2D eigenvalue weighted by molar-refractivity contribution is 0.0599. The molecule has 1 heterocycles. The highest BCUT2D eigenvalue weighted by atomic mass is 35.5. The van der Waals surface area contributed by atoms with Crippen molar-refractivity contribution >= 4 is 11.6 Å². The summed E-state index contributed by atoms with van der Waals surface area (Å²) in [4.78, 5) is 4.22. The normalized spacial score (nSPS) is 12.6. The van der Waals surface area contributed by atoms with Crippen molar-refractivity contribution in [1.82, 2.24) is 10.1 Å². The van der Waals surface area contributed by atoms with E-state index in [0.717, 1.165) is 5.56 Å². The first-order chi connectivity index (χ1) is 9.17. The van der Waals surface area contributed by atoms with Gasteiger partial charge in [0.1, 0.15) is 0 Å². The van der Waals surface area contributed by atoms with Crippen molar-refractivity contribution in [2.24, 2.45) is 0 Å². The minimum Gasteiger partial charge on any atom is -0.390 e. The number of aromatic nitrogens is 2. The Hall–Kier alpha value is -1.43. The summed E-state index contributed by atoms with van der Waals surface area (Å²) in [5.74, 6) is 0.975. The average molecular weight is 283 g/mol. The highest BCUT2D eigenvalue weighted by molar-refractivity contribution is 6.30. The maximum absolute atomic E-state index is 9.57. The Morgan fingerprint density at radius 3 is 3.05 bits per heavy atom. The molecule has 2 rings (SSSR count). The molecular weight excluding hydrogens is 268 g/mol. The summed E-state index contributed by atoms with van der Waals surface area (Å²) < 4.78 is 9.91. The molecule has 1 aromatic heterocycles. The summed E-state index contributed by atoms with van der Waals surface area (Å²) >= 11 is 5.91. The maximum atomic E-state index is 9.57. The van der Waals surface area contributed by atoms with Crippen molar-refractivity contribution in [1.29, 1.82) is 0 Å². The summed E-state index contributed by atoms with van der Waals surface area (Å²) in [7, 11) is 1.53. The molecule has 102 valence electrons. The highest BCUT2D eigenvalue weighted by Crippen LogP contribution is 2.13. The second-order valence-corrected chi connectivity index (χ2v) is 4.66. The van der Waals surface area contributed by atoms with Gasteiger partial charge < -0.3 is 14.4 Å². The van der Waals surface area contributed by atoms with Crippen LogP contribution in [0.15, 0.2) is 28.8 Å². The summed E-state index contributed by atoms with van der Waals surface area (Å²) in [6.07, 6.45) is 0.199. The van der Waals surface area contributed by atoms with Gasteiger partial charge in [0.25, 0.3) is 0 Å². The number of rotatable bonds is 6. The Kier molecular flexibility index (Phi) is 4.90. The molecule has 0 saturated heterocycles. The van der Waals surface area contributed by atoms with Crippen molar-refractivity contribution < 1.29 is 14.4 Å². The van der Waals surface area contributed by atoms with Gasteiger partial charge in [0.2, 0.25) is 5.89 Å². The van der Waals surface area contributed by atoms with Gasteiger partial charge in [0, 0.05) is 18.6 Å². The van der Waals surface area contributed by atoms with E-state index in [0.29, 0.717) is 23.2 Å². The van der Waals surface area contributed by atoms with Crippen LogP contribution in [0.5, 0.6) is 0 Å². The summed E-state index contributed by atoms with van der Waals surface area (Å²) in [6, 6.07) is 7.49. The quantitative estimate of drug-likeness (QED) is 0.876. The van der Waals surface area contributed by atoms with Crippen LogP contribution >= 0.6 is 11.6 Å². The molecule has 6 heteroatoms. The molecule has 1 aromatic carbocycles. The van der Waals surface area contributed by atoms with Crippen molar-refractivity contribution in [3.05, 3.63) is 46.6 Å². The minimum atomic E-state index is -0.635. The summed E-state index contributed by atoms with van der Waals surface area (Å²) in [5.41, 5.74) is 1.01. The van der Waals surface area contributed by atoms with Gasteiger partial charge in [-0.05, 0) is 17.7 Å². The lowest BCUT2D eigenvalue weighted by Gasteiger charge is -2.04. The Morgan fingerprint density at radius 1 is 1.47 bits per heavy atom. The molecule has 1 unspecified atom stereocenters. The minimum absolute atomic E-state index is 0.242. The second-order valence-electron chi connectivity index (χ2n) is 4.22. The molecular formula is C13H15ClN2O3. The molecule has 5 nitrogen and oxygen atoms in total. The number of methoxy groups -OCH3 is 1. The Balaban J connectivity index is 1.97. The Bertz CT molecular complexity index is 530. The van der Waals surface area contributed by atoms with Gasteiger partial charge >= 0.3 is 0 Å². The largest absolute Gasteiger partial charge is 0.390 e. The van der Waals surface area contributed by atoms with Crippen molar-refractivity contribution in [2.45, 2.75) is 18.9 Å². The monoisotopic (exact) mass is 282 g/mol. The first kappa shape index (κ1) is 14.0. The molecule has 0 aliphatic rings. The molecule has 0 spiro atoms. The molecule has 0 radical (unpaired) electrons. The van der Waals surface area contributed by atoms with Gasteiger partial charge in [0.15, 0.2) is 5.82 Å². The van der Waals surface area contributed by atoms with Crippen LogP contribution in [0.3, 0.4) is 0 Å². The number of halogens is 1. The molecule has 1 N–H and O–H groups in total. The molecule has 0 fully saturated rings. The first-order valence-electron chi connectivity index (χ1n) is 5.90. The van der Waals surface area contributed by atoms with E-state index < -0.39 is 6.10 Å². The Labute approximate surface area is 116 Å². The van der Waals surface area contributed by atoms with Crippen LogP contribution in [0.1, 0.15) is 17.3 Å². The molecule has 2 aromatic rings. The average Bonchev–Trinajstić information content (AvgIpc) is 2.76. The topological polar surface area (TPSA) is 68.4 Å². The van der Waals surface area contributed by atoms with Gasteiger partial charge in [-0.3, -0.25) is 0 Å². The standard InChI is InChI=1S/C13H15ClN2O3/c1-18-8-11(17)7-13-15-12(16-19-13)6-9-3-2-4-10(14)5-9/h2-5,11,17H,6-8H2,1H3. The third kappa shape index (κ3) is 4.31. The molecule has 0 aliphatic carbocycles. The molecule has 0 bridgehead atoms. The zero-order valence-electron chi connectivity index (χ0n) is 10.5. The van der Waals surface area contributed by atoms with Crippen LogP contribution in [0, 0.1) is 0 Å². The first-order valence-corrected chi connectivity index (χ1v) is 6.28. The molecule has 0 amide bonds. The predicted molar refractivity (Wildman–Crippen MR) is 70.1 cm³/mol. The number of nitrogens with zero attached hydrogens (tertiary/aromatic N) is 2. The maximum Gasteiger partial charge on any atom is 0.229 e. The van der Waals surface area contributed by atoms with E-state index in [4.69, 9.17) is 20.9 Å². The van der Waals surface area contributed by atoms with Gasteiger partial charge in [-0.15, -0.1) is 0 Å². The van der Waals surface area contributed by atoms with Crippen LogP contribution in [0.4, 0.5) is 0 Å². The number of hydrogen-bond donors (Lipinski definition) is 1. The van der Waals surface area contributed by atoms with Gasteiger partial charge in [0.05, 0.1) is 19.1 Å². The van der Waals surface area contributed by atoms with Crippen LogP contribution in [0.25, 0.3) is 0 Å². The third-order valence-electron chi connectivity index (χ3n) is 2.53. The van der Waals surface area contributed by atoms with Gasteiger partial charge in [-0.2, -0.15) is 4.98 Å². The van der Waals surface area contributed by atoms with Crippen LogP contribution < -0.4 is 0 Å². The number of ether oxygens (including phenoxy) is 1. The number of aliphatic hydroxyl groups excluding tert-OH is 1. The lowest BCUT2D eigenvalue weighted by atomic mass is 10.1. The molecule has 1 atom stereocenters. The number of hydrogen-bond acceptors (Lipinski definition) is 5. The Morgan fingerprint density at radius 2 is 2.32 bits per heavy atom. The van der Waals surface area contributed by atoms with E-state index in [1.54, 1.807) is 0 Å². The summed E-state index contributed by atoms with van der Waals surface area (Å²) in [5, 5.41) is 14.1. The fraction of sp³-hybridized carbons (Fsp3) is 0.385. The fourth-order valence-electron chi connectivity index (χ4n) is 1.73. The highest BCUT2D eigenvalue weighted by Gasteiger charge is 2.12.